The summed E-state index contributed by atoms with van der Waals surface area (Å²) < 4.78 is 16.4. The lowest BCUT2D eigenvalue weighted by Crippen LogP contribution is -2.24. The van der Waals surface area contributed by atoms with Crippen molar-refractivity contribution < 1.29 is 18.6 Å². The number of hydrogen-bond acceptors (Lipinski definition) is 7. The van der Waals surface area contributed by atoms with E-state index in [0.717, 1.165) is 61.8 Å². The zero-order chi connectivity index (χ0) is 25.0. The van der Waals surface area contributed by atoms with E-state index in [1.807, 2.05) is 54.6 Å². The van der Waals surface area contributed by atoms with Gasteiger partial charge in [-0.3, -0.25) is 4.79 Å². The summed E-state index contributed by atoms with van der Waals surface area (Å²) in [5.74, 6) is 2.42. The number of carbonyl (C=O) groups is 1. The van der Waals surface area contributed by atoms with Gasteiger partial charge in [-0.15, -0.1) is 0 Å². The topological polar surface area (TPSA) is 103 Å². The minimum Gasteiger partial charge on any atom is -0.494 e. The van der Waals surface area contributed by atoms with Crippen LogP contribution in [0.1, 0.15) is 61.8 Å². The standard InChI is InChI=1S/C28H32N4O4/c1-2-3-19-34-23-16-14-21(15-17-23)25-20-24(31-35-25)28(33)29-18-10-5-4-9-13-26-30-27(32-36-26)22-11-7-6-8-12-22/h6-8,11-12,14-17,20H,2-5,9-10,13,18-19H2,1H3,(H,29,33). The molecule has 8 heteroatoms. The SMILES string of the molecule is CCCCOc1ccc(-c2cc(C(=O)NCCCCCCc3nc(-c4ccccc4)no3)no2)cc1. The van der Waals surface area contributed by atoms with E-state index in [0.29, 0.717) is 30.6 Å². The summed E-state index contributed by atoms with van der Waals surface area (Å²) in [6.07, 6.45) is 6.73. The fourth-order valence-electron chi connectivity index (χ4n) is 3.68. The number of amides is 1. The van der Waals surface area contributed by atoms with Crippen molar-refractivity contribution in [3.05, 3.63) is 72.2 Å². The Morgan fingerprint density at radius 1 is 0.889 bits per heavy atom. The van der Waals surface area contributed by atoms with Crippen LogP contribution in [0.3, 0.4) is 0 Å². The van der Waals surface area contributed by atoms with Gasteiger partial charge in [-0.1, -0.05) is 66.8 Å². The molecule has 2 heterocycles. The van der Waals surface area contributed by atoms with E-state index in [9.17, 15) is 4.79 Å². The normalized spacial score (nSPS) is 10.9. The average molecular weight is 489 g/mol. The molecule has 4 rings (SSSR count). The second-order valence-corrected chi connectivity index (χ2v) is 8.60. The fraction of sp³-hybridized carbons (Fsp3) is 0.357. The number of carbonyl (C=O) groups excluding carboxylic acids is 1. The molecule has 0 saturated heterocycles. The van der Waals surface area contributed by atoms with Crippen LogP contribution in [0.4, 0.5) is 0 Å². The van der Waals surface area contributed by atoms with E-state index in [-0.39, 0.29) is 11.6 Å². The van der Waals surface area contributed by atoms with Gasteiger partial charge in [0.15, 0.2) is 11.5 Å². The van der Waals surface area contributed by atoms with Crippen LogP contribution < -0.4 is 10.1 Å². The second-order valence-electron chi connectivity index (χ2n) is 8.60. The molecule has 4 aromatic rings. The van der Waals surface area contributed by atoms with Gasteiger partial charge in [0.2, 0.25) is 11.7 Å². The molecule has 0 saturated carbocycles. The molecule has 0 spiro atoms. The Kier molecular flexibility index (Phi) is 9.25. The third kappa shape index (κ3) is 7.28. The molecule has 1 N–H and O–H groups in total. The number of aryl methyl sites for hydroxylation is 1. The number of nitrogens with zero attached hydrogens (tertiary/aromatic N) is 3. The minimum atomic E-state index is -0.233. The van der Waals surface area contributed by atoms with Crippen molar-refractivity contribution in [2.24, 2.45) is 0 Å². The third-order valence-electron chi connectivity index (χ3n) is 5.75. The van der Waals surface area contributed by atoms with E-state index >= 15 is 0 Å². The van der Waals surface area contributed by atoms with Gasteiger partial charge in [0.25, 0.3) is 5.91 Å². The highest BCUT2D eigenvalue weighted by Crippen LogP contribution is 2.23. The molecule has 0 radical (unpaired) electrons. The Labute approximate surface area is 211 Å². The van der Waals surface area contributed by atoms with E-state index in [2.05, 4.69) is 27.5 Å². The predicted octanol–water partition coefficient (Wildman–Crippen LogP) is 6.10. The molecule has 0 atom stereocenters. The summed E-state index contributed by atoms with van der Waals surface area (Å²) in [5, 5.41) is 10.9. The zero-order valence-corrected chi connectivity index (χ0v) is 20.6. The minimum absolute atomic E-state index is 0.233. The summed E-state index contributed by atoms with van der Waals surface area (Å²) in [6.45, 7) is 3.42. The van der Waals surface area contributed by atoms with Crippen LogP contribution in [0.15, 0.2) is 69.7 Å². The lowest BCUT2D eigenvalue weighted by atomic mass is 10.1. The molecule has 0 unspecified atom stereocenters. The molecule has 0 fully saturated rings. The quantitative estimate of drug-likeness (QED) is 0.214. The maximum atomic E-state index is 12.4. The molecule has 8 nitrogen and oxygen atoms in total. The van der Waals surface area contributed by atoms with Gasteiger partial charge in [-0.2, -0.15) is 4.98 Å². The summed E-state index contributed by atoms with van der Waals surface area (Å²) in [4.78, 5) is 16.9. The largest absolute Gasteiger partial charge is 0.494 e. The second kappa shape index (κ2) is 13.2. The summed E-state index contributed by atoms with van der Waals surface area (Å²) in [6, 6.07) is 19.1. The number of ether oxygens (including phenoxy) is 1. The summed E-state index contributed by atoms with van der Waals surface area (Å²) in [7, 11) is 0. The maximum Gasteiger partial charge on any atom is 0.273 e. The zero-order valence-electron chi connectivity index (χ0n) is 20.6. The molecule has 0 aliphatic heterocycles. The van der Waals surface area contributed by atoms with Crippen molar-refractivity contribution in [3.8, 4) is 28.5 Å². The van der Waals surface area contributed by atoms with Gasteiger partial charge in [0, 0.05) is 30.2 Å². The van der Waals surface area contributed by atoms with E-state index in [1.165, 1.54) is 0 Å². The summed E-state index contributed by atoms with van der Waals surface area (Å²) >= 11 is 0. The van der Waals surface area contributed by atoms with Crippen LogP contribution in [0.25, 0.3) is 22.7 Å². The van der Waals surface area contributed by atoms with Crippen LogP contribution in [-0.2, 0) is 6.42 Å². The fourth-order valence-corrected chi connectivity index (χ4v) is 3.68. The first-order valence-electron chi connectivity index (χ1n) is 12.6. The lowest BCUT2D eigenvalue weighted by Gasteiger charge is -2.05. The van der Waals surface area contributed by atoms with Crippen LogP contribution in [0.5, 0.6) is 5.75 Å². The van der Waals surface area contributed by atoms with Crippen LogP contribution in [-0.4, -0.2) is 34.4 Å². The predicted molar refractivity (Wildman–Crippen MR) is 137 cm³/mol. The molecule has 0 aliphatic carbocycles. The highest BCUT2D eigenvalue weighted by atomic mass is 16.5. The average Bonchev–Trinajstić information content (AvgIpc) is 3.60. The number of unbranched alkanes of at least 4 members (excludes halogenated alkanes) is 4. The van der Waals surface area contributed by atoms with Gasteiger partial charge in [-0.25, -0.2) is 0 Å². The Hall–Kier alpha value is -3.94. The van der Waals surface area contributed by atoms with E-state index in [4.69, 9.17) is 13.8 Å². The Morgan fingerprint density at radius 3 is 2.50 bits per heavy atom. The van der Waals surface area contributed by atoms with Gasteiger partial charge in [-0.05, 0) is 43.5 Å². The summed E-state index contributed by atoms with van der Waals surface area (Å²) in [5.41, 5.74) is 2.08. The van der Waals surface area contributed by atoms with Crippen LogP contribution in [0, 0.1) is 0 Å². The first-order chi connectivity index (χ1) is 17.7. The number of rotatable bonds is 14. The first kappa shape index (κ1) is 25.2. The van der Waals surface area contributed by atoms with Gasteiger partial charge >= 0.3 is 0 Å². The third-order valence-corrected chi connectivity index (χ3v) is 5.75. The van der Waals surface area contributed by atoms with Crippen molar-refractivity contribution >= 4 is 5.91 Å². The monoisotopic (exact) mass is 488 g/mol. The number of nitrogens with one attached hydrogen (secondary N) is 1. The molecule has 1 amide bonds. The Bertz CT molecular complexity index is 1200. The molecule has 0 aliphatic rings. The Morgan fingerprint density at radius 2 is 1.69 bits per heavy atom. The molecular weight excluding hydrogens is 456 g/mol. The van der Waals surface area contributed by atoms with E-state index in [1.54, 1.807) is 6.07 Å². The first-order valence-corrected chi connectivity index (χ1v) is 12.6. The molecule has 2 aromatic carbocycles. The maximum absolute atomic E-state index is 12.4. The van der Waals surface area contributed by atoms with Crippen molar-refractivity contribution in [2.75, 3.05) is 13.2 Å². The van der Waals surface area contributed by atoms with Gasteiger partial charge in [0.05, 0.1) is 6.61 Å². The molecule has 188 valence electrons. The number of aromatic nitrogens is 3. The highest BCUT2D eigenvalue weighted by Gasteiger charge is 2.13. The van der Waals surface area contributed by atoms with E-state index < -0.39 is 0 Å². The molecule has 0 bridgehead atoms. The molecule has 36 heavy (non-hydrogen) atoms. The van der Waals surface area contributed by atoms with Crippen molar-refractivity contribution in [1.82, 2.24) is 20.6 Å². The van der Waals surface area contributed by atoms with Crippen LogP contribution >= 0.6 is 0 Å². The molecular formula is C28H32N4O4. The van der Waals surface area contributed by atoms with Gasteiger partial charge in [0.1, 0.15) is 5.75 Å². The molecule has 2 aromatic heterocycles. The highest BCUT2D eigenvalue weighted by molar-refractivity contribution is 5.93. The van der Waals surface area contributed by atoms with Crippen molar-refractivity contribution in [2.45, 2.75) is 51.9 Å². The van der Waals surface area contributed by atoms with Crippen molar-refractivity contribution in [1.29, 1.82) is 0 Å². The Balaban J connectivity index is 1.12. The lowest BCUT2D eigenvalue weighted by molar-refractivity contribution is 0.0944. The van der Waals surface area contributed by atoms with Crippen molar-refractivity contribution in [3.63, 3.8) is 0 Å². The van der Waals surface area contributed by atoms with Crippen LogP contribution in [0.2, 0.25) is 0 Å². The van der Waals surface area contributed by atoms with Gasteiger partial charge < -0.3 is 19.1 Å². The number of hydrogen-bond donors (Lipinski definition) is 1. The smallest absolute Gasteiger partial charge is 0.273 e. The number of benzene rings is 2.